The number of aromatic nitrogens is 1. The van der Waals surface area contributed by atoms with E-state index in [-0.39, 0.29) is 5.91 Å². The molecule has 0 aliphatic heterocycles. The molecule has 108 valence electrons. The van der Waals surface area contributed by atoms with Gasteiger partial charge in [-0.3, -0.25) is 4.79 Å². The Kier molecular flexibility index (Phi) is 4.32. The Morgan fingerprint density at radius 1 is 1.40 bits per heavy atom. The Balaban J connectivity index is 2.18. The molecule has 4 heteroatoms. The zero-order chi connectivity index (χ0) is 14.7. The summed E-state index contributed by atoms with van der Waals surface area (Å²) < 4.78 is 7.48. The van der Waals surface area contributed by atoms with Gasteiger partial charge in [-0.2, -0.15) is 0 Å². The molecular weight excluding hydrogens is 252 g/mol. The van der Waals surface area contributed by atoms with Crippen LogP contribution in [0, 0.1) is 19.8 Å². The number of hydrogen-bond donors (Lipinski definition) is 1. The van der Waals surface area contributed by atoms with Crippen molar-refractivity contribution in [3.63, 3.8) is 0 Å². The van der Waals surface area contributed by atoms with Gasteiger partial charge in [0.05, 0.1) is 18.4 Å². The number of amides is 1. The van der Waals surface area contributed by atoms with E-state index < -0.39 is 0 Å². The molecule has 0 aromatic carbocycles. The first-order valence-corrected chi connectivity index (χ1v) is 6.96. The summed E-state index contributed by atoms with van der Waals surface area (Å²) in [6.07, 6.45) is 1.67. The molecule has 1 N–H and O–H groups in total. The summed E-state index contributed by atoms with van der Waals surface area (Å²) in [5.41, 5.74) is 2.78. The fraction of sp³-hybridized carbons (Fsp3) is 0.438. The van der Waals surface area contributed by atoms with E-state index in [0.29, 0.717) is 19.0 Å². The predicted molar refractivity (Wildman–Crippen MR) is 78.9 cm³/mol. The van der Waals surface area contributed by atoms with Crippen molar-refractivity contribution in [3.8, 4) is 0 Å². The number of aryl methyl sites for hydroxylation is 1. The highest BCUT2D eigenvalue weighted by Crippen LogP contribution is 2.17. The summed E-state index contributed by atoms with van der Waals surface area (Å²) in [6, 6.07) is 5.76. The topological polar surface area (TPSA) is 47.2 Å². The normalized spacial score (nSPS) is 11.1. The summed E-state index contributed by atoms with van der Waals surface area (Å²) in [5.74, 6) is 1.34. The highest BCUT2D eigenvalue weighted by atomic mass is 16.3. The third-order valence-electron chi connectivity index (χ3n) is 3.38. The van der Waals surface area contributed by atoms with E-state index in [1.54, 1.807) is 6.26 Å². The van der Waals surface area contributed by atoms with Gasteiger partial charge in [0.25, 0.3) is 5.91 Å². The van der Waals surface area contributed by atoms with Crippen LogP contribution in [0.1, 0.15) is 41.4 Å². The minimum atomic E-state index is -0.00232. The van der Waals surface area contributed by atoms with Gasteiger partial charge in [0.2, 0.25) is 0 Å². The maximum atomic E-state index is 12.2. The highest BCUT2D eigenvalue weighted by molar-refractivity contribution is 5.95. The molecule has 2 heterocycles. The number of nitrogens with zero attached hydrogens (tertiary/aromatic N) is 1. The number of furan rings is 1. The van der Waals surface area contributed by atoms with Crippen molar-refractivity contribution in [2.75, 3.05) is 6.54 Å². The van der Waals surface area contributed by atoms with E-state index in [9.17, 15) is 4.79 Å². The summed E-state index contributed by atoms with van der Waals surface area (Å²) in [4.78, 5) is 12.2. The lowest BCUT2D eigenvalue weighted by Gasteiger charge is -2.09. The molecular formula is C16H22N2O2. The number of rotatable bonds is 5. The minimum absolute atomic E-state index is 0.00232. The predicted octanol–water partition coefficient (Wildman–Crippen LogP) is 3.13. The average Bonchev–Trinajstić information content (AvgIpc) is 2.99. The van der Waals surface area contributed by atoms with Gasteiger partial charge in [-0.1, -0.05) is 13.8 Å². The van der Waals surface area contributed by atoms with E-state index >= 15 is 0 Å². The fourth-order valence-corrected chi connectivity index (χ4v) is 2.22. The molecule has 0 fully saturated rings. The average molecular weight is 274 g/mol. The fourth-order valence-electron chi connectivity index (χ4n) is 2.22. The second-order valence-electron chi connectivity index (χ2n) is 5.55. The summed E-state index contributed by atoms with van der Waals surface area (Å²) >= 11 is 0. The molecule has 0 saturated heterocycles. The lowest BCUT2D eigenvalue weighted by Crippen LogP contribution is -2.27. The molecule has 0 saturated carbocycles. The van der Waals surface area contributed by atoms with Crippen molar-refractivity contribution >= 4 is 5.91 Å². The molecule has 20 heavy (non-hydrogen) atoms. The maximum absolute atomic E-state index is 12.2. The number of carbonyl (C=O) groups excluding carboxylic acids is 1. The lowest BCUT2D eigenvalue weighted by molar-refractivity contribution is 0.0948. The summed E-state index contributed by atoms with van der Waals surface area (Å²) in [5, 5.41) is 2.96. The zero-order valence-electron chi connectivity index (χ0n) is 12.6. The van der Waals surface area contributed by atoms with Crippen LogP contribution >= 0.6 is 0 Å². The standard InChI is InChI=1S/C16H22N2O2/c1-11(2)9-17-16(19)15-8-12(3)18(13(15)4)10-14-6-5-7-20-14/h5-8,11H,9-10H2,1-4H3,(H,17,19). The molecule has 0 aliphatic rings. The Morgan fingerprint density at radius 2 is 2.15 bits per heavy atom. The van der Waals surface area contributed by atoms with Gasteiger partial charge < -0.3 is 14.3 Å². The van der Waals surface area contributed by atoms with Gasteiger partial charge in [0.1, 0.15) is 5.76 Å². The van der Waals surface area contributed by atoms with Crippen molar-refractivity contribution in [1.29, 1.82) is 0 Å². The van der Waals surface area contributed by atoms with Crippen molar-refractivity contribution in [2.24, 2.45) is 5.92 Å². The molecule has 0 spiro atoms. The first kappa shape index (κ1) is 14.4. The van der Waals surface area contributed by atoms with E-state index in [1.165, 1.54) is 0 Å². The SMILES string of the molecule is Cc1cc(C(=O)NCC(C)C)c(C)n1Cc1ccco1. The van der Waals surface area contributed by atoms with Crippen molar-refractivity contribution in [1.82, 2.24) is 9.88 Å². The monoisotopic (exact) mass is 274 g/mol. The Hall–Kier alpha value is -1.97. The number of hydrogen-bond acceptors (Lipinski definition) is 2. The Labute approximate surface area is 119 Å². The van der Waals surface area contributed by atoms with E-state index in [4.69, 9.17) is 4.42 Å². The van der Waals surface area contributed by atoms with Gasteiger partial charge in [0, 0.05) is 17.9 Å². The summed E-state index contributed by atoms with van der Waals surface area (Å²) in [6.45, 7) is 9.50. The second-order valence-corrected chi connectivity index (χ2v) is 5.55. The van der Waals surface area contributed by atoms with Gasteiger partial charge >= 0.3 is 0 Å². The van der Waals surface area contributed by atoms with Crippen LogP contribution in [0.15, 0.2) is 28.9 Å². The first-order chi connectivity index (χ1) is 9.49. The first-order valence-electron chi connectivity index (χ1n) is 6.96. The molecule has 2 aromatic heterocycles. The number of nitrogens with one attached hydrogen (secondary N) is 1. The quantitative estimate of drug-likeness (QED) is 0.910. The largest absolute Gasteiger partial charge is 0.467 e. The zero-order valence-corrected chi connectivity index (χ0v) is 12.6. The van der Waals surface area contributed by atoms with Crippen molar-refractivity contribution < 1.29 is 9.21 Å². The third-order valence-corrected chi connectivity index (χ3v) is 3.38. The third kappa shape index (κ3) is 3.13. The Morgan fingerprint density at radius 3 is 2.75 bits per heavy atom. The van der Waals surface area contributed by atoms with Gasteiger partial charge in [-0.25, -0.2) is 0 Å². The molecule has 2 aromatic rings. The highest BCUT2D eigenvalue weighted by Gasteiger charge is 2.16. The van der Waals surface area contributed by atoms with E-state index in [2.05, 4.69) is 23.7 Å². The lowest BCUT2D eigenvalue weighted by atomic mass is 10.2. The maximum Gasteiger partial charge on any atom is 0.253 e. The van der Waals surface area contributed by atoms with Crippen LogP contribution in [-0.4, -0.2) is 17.0 Å². The van der Waals surface area contributed by atoms with Crippen LogP contribution in [0.4, 0.5) is 0 Å². The van der Waals surface area contributed by atoms with Crippen LogP contribution < -0.4 is 5.32 Å². The molecule has 2 rings (SSSR count). The van der Waals surface area contributed by atoms with Crippen LogP contribution in [0.3, 0.4) is 0 Å². The van der Waals surface area contributed by atoms with Gasteiger partial charge in [-0.05, 0) is 38.0 Å². The molecule has 4 nitrogen and oxygen atoms in total. The molecule has 0 bridgehead atoms. The van der Waals surface area contributed by atoms with Crippen molar-refractivity contribution in [2.45, 2.75) is 34.2 Å². The van der Waals surface area contributed by atoms with Crippen molar-refractivity contribution in [3.05, 3.63) is 47.2 Å². The molecule has 0 atom stereocenters. The molecule has 0 unspecified atom stereocenters. The van der Waals surface area contributed by atoms with E-state index in [1.807, 2.05) is 32.0 Å². The molecule has 1 amide bonds. The minimum Gasteiger partial charge on any atom is -0.467 e. The van der Waals surface area contributed by atoms with Crippen LogP contribution in [-0.2, 0) is 6.54 Å². The van der Waals surface area contributed by atoms with Crippen LogP contribution in [0.5, 0.6) is 0 Å². The van der Waals surface area contributed by atoms with Crippen LogP contribution in [0.25, 0.3) is 0 Å². The summed E-state index contributed by atoms with van der Waals surface area (Å²) in [7, 11) is 0. The number of carbonyl (C=O) groups is 1. The second kappa shape index (κ2) is 5.99. The van der Waals surface area contributed by atoms with E-state index in [0.717, 1.165) is 22.7 Å². The van der Waals surface area contributed by atoms with Gasteiger partial charge in [-0.15, -0.1) is 0 Å². The smallest absolute Gasteiger partial charge is 0.253 e. The van der Waals surface area contributed by atoms with Crippen LogP contribution in [0.2, 0.25) is 0 Å². The Bertz CT molecular complexity index is 580. The molecule has 0 aliphatic carbocycles. The molecule has 0 radical (unpaired) electrons. The van der Waals surface area contributed by atoms with Gasteiger partial charge in [0.15, 0.2) is 0 Å².